The maximum absolute atomic E-state index is 11.3. The third-order valence-electron chi connectivity index (χ3n) is 1.74. The van der Waals surface area contributed by atoms with Crippen LogP contribution in [0.1, 0.15) is 6.42 Å². The summed E-state index contributed by atoms with van der Waals surface area (Å²) < 4.78 is 5.12. The molecule has 5 heteroatoms. The molecule has 1 rings (SSSR count). The molecular weight excluding hydrogens is 272 g/mol. The summed E-state index contributed by atoms with van der Waals surface area (Å²) in [5, 5.41) is 11.7. The molecule has 0 saturated carbocycles. The van der Waals surface area contributed by atoms with Crippen LogP contribution in [0, 0.1) is 11.3 Å². The Hall–Kier alpha value is -1.54. The molecule has 0 aliphatic rings. The van der Waals surface area contributed by atoms with Crippen LogP contribution in [0.4, 0.5) is 5.69 Å². The fourth-order valence-electron chi connectivity index (χ4n) is 1.09. The van der Waals surface area contributed by atoms with E-state index in [4.69, 9.17) is 10.00 Å². The van der Waals surface area contributed by atoms with Gasteiger partial charge in [-0.25, -0.2) is 0 Å². The van der Waals surface area contributed by atoms with E-state index < -0.39 is 0 Å². The van der Waals surface area contributed by atoms with Crippen molar-refractivity contribution in [3.8, 4) is 11.8 Å². The first-order valence-electron chi connectivity index (χ1n) is 4.72. The predicted molar refractivity (Wildman–Crippen MR) is 64.6 cm³/mol. The second-order valence-electron chi connectivity index (χ2n) is 2.96. The number of benzene rings is 1. The molecule has 1 aromatic rings. The topological polar surface area (TPSA) is 62.1 Å². The highest BCUT2D eigenvalue weighted by Crippen LogP contribution is 2.17. The number of nitrogens with one attached hydrogen (secondary N) is 1. The predicted octanol–water partition coefficient (Wildman–Crippen LogP) is 2.31. The van der Waals surface area contributed by atoms with Crippen molar-refractivity contribution >= 4 is 27.5 Å². The minimum absolute atomic E-state index is 0.00119. The fraction of sp³-hybridized carbons (Fsp3) is 0.273. The number of ether oxygens (including phenoxy) is 1. The van der Waals surface area contributed by atoms with Crippen LogP contribution in [-0.2, 0) is 4.79 Å². The average molecular weight is 283 g/mol. The Morgan fingerprint density at radius 3 is 3.06 bits per heavy atom. The fourth-order valence-corrected chi connectivity index (χ4v) is 1.45. The lowest BCUT2D eigenvalue weighted by molar-refractivity contribution is -0.115. The van der Waals surface area contributed by atoms with Crippen molar-refractivity contribution in [3.05, 3.63) is 24.3 Å². The molecule has 0 saturated heterocycles. The van der Waals surface area contributed by atoms with E-state index in [-0.39, 0.29) is 12.5 Å². The molecular formula is C11H11BrN2O2. The molecule has 0 atom stereocenters. The number of hydrogen-bond acceptors (Lipinski definition) is 3. The van der Waals surface area contributed by atoms with Crippen LogP contribution in [0.5, 0.6) is 5.75 Å². The Morgan fingerprint density at radius 1 is 1.56 bits per heavy atom. The number of rotatable bonds is 5. The Morgan fingerprint density at radius 2 is 2.38 bits per heavy atom. The van der Waals surface area contributed by atoms with Gasteiger partial charge in [0.25, 0.3) is 0 Å². The summed E-state index contributed by atoms with van der Waals surface area (Å²) in [6, 6.07) is 8.83. The molecule has 0 aliphatic heterocycles. The molecule has 16 heavy (non-hydrogen) atoms. The number of nitriles is 1. The number of carbonyl (C=O) groups is 1. The van der Waals surface area contributed by atoms with Crippen molar-refractivity contribution in [2.75, 3.05) is 17.3 Å². The van der Waals surface area contributed by atoms with Gasteiger partial charge in [-0.2, -0.15) is 5.26 Å². The largest absolute Gasteiger partial charge is 0.479 e. The molecule has 0 spiro atoms. The maximum atomic E-state index is 11.3. The van der Waals surface area contributed by atoms with E-state index in [0.717, 1.165) is 0 Å². The molecule has 0 unspecified atom stereocenters. The summed E-state index contributed by atoms with van der Waals surface area (Å²) in [7, 11) is 0. The van der Waals surface area contributed by atoms with Gasteiger partial charge in [-0.15, -0.1) is 0 Å². The third kappa shape index (κ3) is 4.32. The summed E-state index contributed by atoms with van der Waals surface area (Å²) in [4.78, 5) is 11.3. The van der Waals surface area contributed by atoms with Crippen LogP contribution < -0.4 is 10.1 Å². The van der Waals surface area contributed by atoms with Gasteiger partial charge >= 0.3 is 0 Å². The van der Waals surface area contributed by atoms with Gasteiger partial charge in [-0.3, -0.25) is 4.79 Å². The van der Waals surface area contributed by atoms with E-state index >= 15 is 0 Å². The zero-order chi connectivity index (χ0) is 11.8. The van der Waals surface area contributed by atoms with Crippen LogP contribution in [0.2, 0.25) is 0 Å². The van der Waals surface area contributed by atoms with Gasteiger partial charge in [0.15, 0.2) is 6.61 Å². The van der Waals surface area contributed by atoms with Crippen molar-refractivity contribution in [1.29, 1.82) is 5.26 Å². The van der Waals surface area contributed by atoms with Crippen molar-refractivity contribution in [3.63, 3.8) is 0 Å². The van der Waals surface area contributed by atoms with Crippen LogP contribution in [0.3, 0.4) is 0 Å². The minimum Gasteiger partial charge on any atom is -0.479 e. The van der Waals surface area contributed by atoms with Gasteiger partial charge in [0.2, 0.25) is 5.91 Å². The standard InChI is InChI=1S/C11H11BrN2O2/c12-5-4-11(15)14-9-2-1-3-10(8-9)16-7-6-13/h1-3,8H,4-5,7H2,(H,14,15). The molecule has 1 aromatic carbocycles. The van der Waals surface area contributed by atoms with Crippen molar-refractivity contribution < 1.29 is 9.53 Å². The van der Waals surface area contributed by atoms with Gasteiger partial charge in [0.05, 0.1) is 0 Å². The molecule has 4 nitrogen and oxygen atoms in total. The summed E-state index contributed by atoms with van der Waals surface area (Å²) >= 11 is 3.19. The van der Waals surface area contributed by atoms with Gasteiger partial charge in [-0.05, 0) is 12.1 Å². The molecule has 84 valence electrons. The smallest absolute Gasteiger partial charge is 0.225 e. The Bertz CT molecular complexity index is 401. The number of nitrogens with zero attached hydrogens (tertiary/aromatic N) is 1. The molecule has 1 N–H and O–H groups in total. The number of carbonyl (C=O) groups excluding carboxylic acids is 1. The Balaban J connectivity index is 2.60. The van der Waals surface area contributed by atoms with E-state index in [2.05, 4.69) is 21.2 Å². The van der Waals surface area contributed by atoms with Crippen LogP contribution in [0.25, 0.3) is 0 Å². The van der Waals surface area contributed by atoms with E-state index in [0.29, 0.717) is 23.2 Å². The monoisotopic (exact) mass is 282 g/mol. The lowest BCUT2D eigenvalue weighted by atomic mass is 10.3. The molecule has 0 aliphatic carbocycles. The highest BCUT2D eigenvalue weighted by molar-refractivity contribution is 9.09. The van der Waals surface area contributed by atoms with E-state index in [1.54, 1.807) is 24.3 Å². The first-order valence-corrected chi connectivity index (χ1v) is 5.84. The number of alkyl halides is 1. The molecule has 1 amide bonds. The van der Waals surface area contributed by atoms with E-state index in [1.165, 1.54) is 0 Å². The molecule has 0 fully saturated rings. The third-order valence-corrected chi connectivity index (χ3v) is 2.14. The molecule has 0 bridgehead atoms. The second-order valence-corrected chi connectivity index (χ2v) is 3.75. The summed E-state index contributed by atoms with van der Waals surface area (Å²) in [6.07, 6.45) is 0.420. The Kier molecular flexibility index (Phi) is 5.37. The summed E-state index contributed by atoms with van der Waals surface area (Å²) in [5.74, 6) is 0.507. The second kappa shape index (κ2) is 6.85. The van der Waals surface area contributed by atoms with Gasteiger partial charge in [0.1, 0.15) is 11.8 Å². The highest BCUT2D eigenvalue weighted by atomic mass is 79.9. The number of hydrogen-bond donors (Lipinski definition) is 1. The van der Waals surface area contributed by atoms with Crippen molar-refractivity contribution in [2.24, 2.45) is 0 Å². The molecule has 0 heterocycles. The minimum atomic E-state index is -0.0608. The summed E-state index contributed by atoms with van der Waals surface area (Å²) in [5.41, 5.74) is 0.668. The normalized spacial score (nSPS) is 9.25. The molecule has 0 aromatic heterocycles. The highest BCUT2D eigenvalue weighted by Gasteiger charge is 2.02. The Labute approximate surface area is 102 Å². The zero-order valence-electron chi connectivity index (χ0n) is 8.57. The number of anilines is 1. The van der Waals surface area contributed by atoms with Gasteiger partial charge in [-0.1, -0.05) is 22.0 Å². The van der Waals surface area contributed by atoms with Gasteiger partial charge < -0.3 is 10.1 Å². The average Bonchev–Trinajstić information content (AvgIpc) is 2.27. The first-order chi connectivity index (χ1) is 7.76. The van der Waals surface area contributed by atoms with Crippen molar-refractivity contribution in [1.82, 2.24) is 0 Å². The zero-order valence-corrected chi connectivity index (χ0v) is 10.2. The van der Waals surface area contributed by atoms with E-state index in [1.807, 2.05) is 6.07 Å². The lowest BCUT2D eigenvalue weighted by Gasteiger charge is -2.06. The van der Waals surface area contributed by atoms with E-state index in [9.17, 15) is 4.79 Å². The SMILES string of the molecule is N#CCOc1cccc(NC(=O)CCBr)c1. The molecule has 0 radical (unpaired) electrons. The maximum Gasteiger partial charge on any atom is 0.225 e. The first kappa shape index (κ1) is 12.5. The van der Waals surface area contributed by atoms with Crippen LogP contribution in [0.15, 0.2) is 24.3 Å². The summed E-state index contributed by atoms with van der Waals surface area (Å²) in [6.45, 7) is -0.00119. The van der Waals surface area contributed by atoms with Gasteiger partial charge in [0, 0.05) is 23.5 Å². The number of amides is 1. The van der Waals surface area contributed by atoms with Crippen LogP contribution >= 0.6 is 15.9 Å². The quantitative estimate of drug-likeness (QED) is 0.843. The van der Waals surface area contributed by atoms with Crippen LogP contribution in [-0.4, -0.2) is 17.8 Å². The van der Waals surface area contributed by atoms with Crippen molar-refractivity contribution in [2.45, 2.75) is 6.42 Å². The lowest BCUT2D eigenvalue weighted by Crippen LogP contribution is -2.11. The number of halogens is 1.